The van der Waals surface area contributed by atoms with Crippen molar-refractivity contribution >= 4 is 15.9 Å². The zero-order valence-corrected chi connectivity index (χ0v) is 14.4. The van der Waals surface area contributed by atoms with Crippen molar-refractivity contribution < 1.29 is 4.74 Å². The molecular weight excluding hydrogens is 328 g/mol. The molecule has 0 aliphatic carbocycles. The monoisotopic (exact) mass is 348 g/mol. The summed E-state index contributed by atoms with van der Waals surface area (Å²) >= 11 is 3.59. The molecule has 0 radical (unpaired) electrons. The lowest BCUT2D eigenvalue weighted by Crippen LogP contribution is -2.14. The van der Waals surface area contributed by atoms with Gasteiger partial charge in [-0.3, -0.25) is 0 Å². The van der Waals surface area contributed by atoms with Crippen LogP contribution in [0.2, 0.25) is 0 Å². The number of rotatable bonds is 4. The van der Waals surface area contributed by atoms with E-state index in [9.17, 15) is 0 Å². The third-order valence-corrected chi connectivity index (χ3v) is 4.79. The third-order valence-electron chi connectivity index (χ3n) is 4.34. The molecule has 0 spiro atoms. The largest absolute Gasteiger partial charge is 0.493 e. The molecule has 21 heavy (non-hydrogen) atoms. The number of nitrogens with zero attached hydrogens (tertiary/aromatic N) is 1. The van der Waals surface area contributed by atoms with Crippen molar-refractivity contribution in [1.29, 1.82) is 0 Å². The van der Waals surface area contributed by atoms with Crippen LogP contribution < -0.4 is 10.1 Å². The van der Waals surface area contributed by atoms with E-state index in [1.165, 1.54) is 28.1 Å². The van der Waals surface area contributed by atoms with Gasteiger partial charge in [0.05, 0.1) is 6.61 Å². The van der Waals surface area contributed by atoms with Crippen LogP contribution in [0.15, 0.2) is 22.7 Å². The van der Waals surface area contributed by atoms with Crippen LogP contribution in [0.4, 0.5) is 0 Å². The average Bonchev–Trinajstić information content (AvgIpc) is 3.00. The number of aryl methyl sites for hydroxylation is 1. The van der Waals surface area contributed by atoms with Gasteiger partial charge in [0.2, 0.25) is 0 Å². The third kappa shape index (κ3) is 2.87. The minimum atomic E-state index is 0.801. The molecule has 2 heterocycles. The van der Waals surface area contributed by atoms with E-state index in [2.05, 4.69) is 64.9 Å². The molecular formula is C17H21BrN2O. The fourth-order valence-electron chi connectivity index (χ4n) is 2.92. The van der Waals surface area contributed by atoms with Gasteiger partial charge in [0.15, 0.2) is 0 Å². The number of benzene rings is 1. The molecule has 0 unspecified atom stereocenters. The minimum absolute atomic E-state index is 0.801. The van der Waals surface area contributed by atoms with Gasteiger partial charge in [-0.25, -0.2) is 0 Å². The van der Waals surface area contributed by atoms with Crippen LogP contribution in [0, 0.1) is 13.8 Å². The lowest BCUT2D eigenvalue weighted by atomic mass is 10.1. The molecule has 1 aromatic heterocycles. The SMILES string of the molecule is Cc1cc(CNCc2cc(Br)cc3c2OCC3)c(C)n1C. The number of hydrogen-bond donors (Lipinski definition) is 1. The second-order valence-electron chi connectivity index (χ2n) is 5.71. The van der Waals surface area contributed by atoms with Crippen LogP contribution in [-0.4, -0.2) is 11.2 Å². The van der Waals surface area contributed by atoms with E-state index in [1.807, 2.05) is 0 Å². The number of halogens is 1. The first kappa shape index (κ1) is 14.7. The van der Waals surface area contributed by atoms with Gasteiger partial charge in [-0.1, -0.05) is 15.9 Å². The van der Waals surface area contributed by atoms with Crippen LogP contribution in [0.3, 0.4) is 0 Å². The normalized spacial score (nSPS) is 13.3. The summed E-state index contributed by atoms with van der Waals surface area (Å²) in [5.74, 6) is 1.08. The van der Waals surface area contributed by atoms with E-state index in [0.717, 1.165) is 36.3 Å². The smallest absolute Gasteiger partial charge is 0.127 e. The number of hydrogen-bond acceptors (Lipinski definition) is 2. The molecule has 1 N–H and O–H groups in total. The quantitative estimate of drug-likeness (QED) is 0.912. The molecule has 0 saturated heterocycles. The summed E-state index contributed by atoms with van der Waals surface area (Å²) in [4.78, 5) is 0. The Morgan fingerprint density at radius 2 is 1.95 bits per heavy atom. The molecule has 0 fully saturated rings. The van der Waals surface area contributed by atoms with Crippen molar-refractivity contribution in [2.24, 2.45) is 7.05 Å². The molecule has 4 heteroatoms. The molecule has 0 atom stereocenters. The molecule has 3 nitrogen and oxygen atoms in total. The Balaban J connectivity index is 1.70. The highest BCUT2D eigenvalue weighted by Gasteiger charge is 2.17. The zero-order chi connectivity index (χ0) is 15.0. The Morgan fingerprint density at radius 1 is 1.19 bits per heavy atom. The molecule has 0 amide bonds. The first-order valence-corrected chi connectivity index (χ1v) is 8.12. The Bertz CT molecular complexity index is 676. The van der Waals surface area contributed by atoms with Gasteiger partial charge in [-0.2, -0.15) is 0 Å². The standard InChI is InChI=1S/C17H21BrN2O/c1-11-6-14(12(2)20(11)3)9-19-10-15-8-16(18)7-13-4-5-21-17(13)15/h6-8,19H,4-5,9-10H2,1-3H3. The lowest BCUT2D eigenvalue weighted by molar-refractivity contribution is 0.352. The summed E-state index contributed by atoms with van der Waals surface area (Å²) in [5, 5.41) is 3.54. The van der Waals surface area contributed by atoms with Gasteiger partial charge in [0.25, 0.3) is 0 Å². The Kier molecular flexibility index (Phi) is 4.09. The highest BCUT2D eigenvalue weighted by Crippen LogP contribution is 2.32. The highest BCUT2D eigenvalue weighted by atomic mass is 79.9. The van der Waals surface area contributed by atoms with E-state index < -0.39 is 0 Å². The van der Waals surface area contributed by atoms with E-state index in [-0.39, 0.29) is 0 Å². The Hall–Kier alpha value is -1.26. The molecule has 112 valence electrons. The van der Waals surface area contributed by atoms with E-state index in [1.54, 1.807) is 0 Å². The van der Waals surface area contributed by atoms with Crippen LogP contribution in [0.1, 0.15) is 28.1 Å². The maximum absolute atomic E-state index is 5.77. The van der Waals surface area contributed by atoms with Crippen molar-refractivity contribution in [3.05, 3.63) is 50.8 Å². The molecule has 1 aromatic carbocycles. The van der Waals surface area contributed by atoms with E-state index >= 15 is 0 Å². The predicted octanol–water partition coefficient (Wildman–Crippen LogP) is 3.63. The lowest BCUT2D eigenvalue weighted by Gasteiger charge is -2.10. The van der Waals surface area contributed by atoms with E-state index in [0.29, 0.717) is 0 Å². The maximum Gasteiger partial charge on any atom is 0.127 e. The molecule has 0 saturated carbocycles. The summed E-state index contributed by atoms with van der Waals surface area (Å²) < 4.78 is 9.14. The van der Waals surface area contributed by atoms with Gasteiger partial charge in [-0.05, 0) is 43.2 Å². The first-order chi connectivity index (χ1) is 10.1. The van der Waals surface area contributed by atoms with Crippen LogP contribution in [-0.2, 0) is 26.6 Å². The van der Waals surface area contributed by atoms with Crippen LogP contribution in [0.25, 0.3) is 0 Å². The summed E-state index contributed by atoms with van der Waals surface area (Å²) in [6, 6.07) is 6.57. The topological polar surface area (TPSA) is 26.2 Å². The van der Waals surface area contributed by atoms with E-state index in [4.69, 9.17) is 4.74 Å². The summed E-state index contributed by atoms with van der Waals surface area (Å²) in [7, 11) is 2.11. The average molecular weight is 349 g/mol. The summed E-state index contributed by atoms with van der Waals surface area (Å²) in [6.07, 6.45) is 1.01. The van der Waals surface area contributed by atoms with Crippen molar-refractivity contribution in [1.82, 2.24) is 9.88 Å². The van der Waals surface area contributed by atoms with Gasteiger partial charge in [-0.15, -0.1) is 0 Å². The fourth-order valence-corrected chi connectivity index (χ4v) is 3.47. The predicted molar refractivity (Wildman–Crippen MR) is 88.8 cm³/mol. The Labute approximate surface area is 134 Å². The maximum atomic E-state index is 5.77. The van der Waals surface area contributed by atoms with Crippen molar-refractivity contribution in [3.8, 4) is 5.75 Å². The summed E-state index contributed by atoms with van der Waals surface area (Å²) in [6.45, 7) is 6.83. The van der Waals surface area contributed by atoms with Crippen molar-refractivity contribution in [3.63, 3.8) is 0 Å². The second-order valence-corrected chi connectivity index (χ2v) is 6.63. The van der Waals surface area contributed by atoms with Gasteiger partial charge >= 0.3 is 0 Å². The highest BCUT2D eigenvalue weighted by molar-refractivity contribution is 9.10. The first-order valence-electron chi connectivity index (χ1n) is 7.33. The molecule has 1 aliphatic heterocycles. The van der Waals surface area contributed by atoms with Gasteiger partial charge in [0, 0.05) is 48.0 Å². The zero-order valence-electron chi connectivity index (χ0n) is 12.8. The second kappa shape index (κ2) is 5.85. The molecule has 3 rings (SSSR count). The summed E-state index contributed by atoms with van der Waals surface area (Å²) in [5.41, 5.74) is 6.55. The van der Waals surface area contributed by atoms with Crippen molar-refractivity contribution in [2.75, 3.05) is 6.61 Å². The number of fused-ring (bicyclic) bond motifs is 1. The fraction of sp³-hybridized carbons (Fsp3) is 0.412. The number of nitrogens with one attached hydrogen (secondary N) is 1. The van der Waals surface area contributed by atoms with Crippen LogP contribution in [0.5, 0.6) is 5.75 Å². The Morgan fingerprint density at radius 3 is 2.67 bits per heavy atom. The number of ether oxygens (including phenoxy) is 1. The molecule has 2 aromatic rings. The minimum Gasteiger partial charge on any atom is -0.493 e. The van der Waals surface area contributed by atoms with Crippen LogP contribution >= 0.6 is 15.9 Å². The van der Waals surface area contributed by atoms with Crippen molar-refractivity contribution in [2.45, 2.75) is 33.4 Å². The molecule has 1 aliphatic rings. The number of aromatic nitrogens is 1. The van der Waals surface area contributed by atoms with Gasteiger partial charge < -0.3 is 14.6 Å². The van der Waals surface area contributed by atoms with Gasteiger partial charge in [0.1, 0.15) is 5.75 Å². The molecule has 0 bridgehead atoms.